The largest absolute Gasteiger partial charge is 0.309 e. The summed E-state index contributed by atoms with van der Waals surface area (Å²) in [6.07, 6.45) is 0. The Balaban J connectivity index is 1.11. The summed E-state index contributed by atoms with van der Waals surface area (Å²) in [5, 5.41) is 12.4. The van der Waals surface area contributed by atoms with E-state index in [2.05, 4.69) is 256 Å². The molecule has 0 unspecified atom stereocenters. The van der Waals surface area contributed by atoms with E-state index in [0.717, 1.165) is 22.7 Å². The summed E-state index contributed by atoms with van der Waals surface area (Å²) in [4.78, 5) is 5.03. The van der Waals surface area contributed by atoms with Gasteiger partial charge in [0.15, 0.2) is 0 Å². The minimum Gasteiger partial charge on any atom is -0.309 e. The fourth-order valence-electron chi connectivity index (χ4n) is 10.5. The average molecular weight is 845 g/mol. The van der Waals surface area contributed by atoms with Crippen molar-refractivity contribution in [1.29, 1.82) is 0 Å². The van der Waals surface area contributed by atoms with Crippen LogP contribution in [0.5, 0.6) is 0 Å². The van der Waals surface area contributed by atoms with Gasteiger partial charge in [-0.15, -0.1) is 0 Å². The SMILES string of the molecule is Cc1ccc2ccc(C)c(N(c3ccc(-c4ccccc4)cc3)c3ccc4ccc5c(N(c6ccc(-c7ccccc7)cc6)c6c(C)ccc7ccc(C)cc67)ccc6ccc3c4c65)c2c1. The van der Waals surface area contributed by atoms with Gasteiger partial charge in [0.1, 0.15) is 0 Å². The topological polar surface area (TPSA) is 6.48 Å². The second-order valence-electron chi connectivity index (χ2n) is 18.0. The molecule has 12 aromatic carbocycles. The molecule has 2 heteroatoms. The van der Waals surface area contributed by atoms with E-state index in [1.165, 1.54) is 110 Å². The van der Waals surface area contributed by atoms with Crippen molar-refractivity contribution in [3.8, 4) is 22.3 Å². The molecule has 0 bridgehead atoms. The van der Waals surface area contributed by atoms with Crippen LogP contribution in [-0.2, 0) is 0 Å². The summed E-state index contributed by atoms with van der Waals surface area (Å²) in [7, 11) is 0. The molecule has 0 atom stereocenters. The third-order valence-corrected chi connectivity index (χ3v) is 13.7. The van der Waals surface area contributed by atoms with Crippen LogP contribution < -0.4 is 9.80 Å². The Kier molecular flexibility index (Phi) is 9.43. The van der Waals surface area contributed by atoms with E-state index in [1.807, 2.05) is 0 Å². The molecule has 66 heavy (non-hydrogen) atoms. The molecule has 0 heterocycles. The Labute approximate surface area is 386 Å². The monoisotopic (exact) mass is 844 g/mol. The Bertz CT molecular complexity index is 3510. The Morgan fingerprint density at radius 2 is 0.621 bits per heavy atom. The van der Waals surface area contributed by atoms with Crippen LogP contribution >= 0.6 is 0 Å². The number of nitrogens with zero attached hydrogens (tertiary/aromatic N) is 2. The normalized spacial score (nSPS) is 11.6. The van der Waals surface area contributed by atoms with Crippen molar-refractivity contribution in [3.63, 3.8) is 0 Å². The molecular weight excluding hydrogens is 797 g/mol. The molecule has 0 aliphatic rings. The summed E-state index contributed by atoms with van der Waals surface area (Å²) in [5.41, 5.74) is 16.7. The Morgan fingerprint density at radius 3 is 1.03 bits per heavy atom. The minimum atomic E-state index is 1.12. The van der Waals surface area contributed by atoms with Gasteiger partial charge in [-0.2, -0.15) is 0 Å². The summed E-state index contributed by atoms with van der Waals surface area (Å²) in [5.74, 6) is 0. The first-order valence-electron chi connectivity index (χ1n) is 23.0. The zero-order valence-electron chi connectivity index (χ0n) is 37.7. The number of aryl methyl sites for hydroxylation is 4. The summed E-state index contributed by atoms with van der Waals surface area (Å²) in [6.45, 7) is 8.89. The van der Waals surface area contributed by atoms with Crippen LogP contribution in [0.4, 0.5) is 34.1 Å². The van der Waals surface area contributed by atoms with Crippen molar-refractivity contribution in [1.82, 2.24) is 0 Å². The highest BCUT2D eigenvalue weighted by molar-refractivity contribution is 6.28. The van der Waals surface area contributed by atoms with E-state index in [0.29, 0.717) is 0 Å². The van der Waals surface area contributed by atoms with Crippen LogP contribution in [0.2, 0.25) is 0 Å². The van der Waals surface area contributed by atoms with Crippen molar-refractivity contribution >= 4 is 88.0 Å². The molecule has 0 saturated heterocycles. The molecule has 0 aromatic heterocycles. The van der Waals surface area contributed by atoms with Gasteiger partial charge < -0.3 is 9.80 Å². The molecule has 0 radical (unpaired) electrons. The van der Waals surface area contributed by atoms with Crippen LogP contribution in [0.25, 0.3) is 76.1 Å². The van der Waals surface area contributed by atoms with Crippen LogP contribution in [0.1, 0.15) is 22.3 Å². The van der Waals surface area contributed by atoms with Crippen molar-refractivity contribution in [2.24, 2.45) is 0 Å². The van der Waals surface area contributed by atoms with E-state index in [1.54, 1.807) is 0 Å². The van der Waals surface area contributed by atoms with Gasteiger partial charge in [-0.3, -0.25) is 0 Å². The lowest BCUT2D eigenvalue weighted by molar-refractivity contribution is 1.28. The number of fused-ring (bicyclic) bond motifs is 2. The van der Waals surface area contributed by atoms with Gasteiger partial charge in [-0.25, -0.2) is 0 Å². The quantitative estimate of drug-likeness (QED) is 0.141. The molecule has 2 nitrogen and oxygen atoms in total. The number of hydrogen-bond donors (Lipinski definition) is 0. The Morgan fingerprint density at radius 1 is 0.273 bits per heavy atom. The summed E-state index contributed by atoms with van der Waals surface area (Å²) >= 11 is 0. The highest BCUT2D eigenvalue weighted by Crippen LogP contribution is 2.50. The third kappa shape index (κ3) is 6.56. The standard InChI is InChI=1S/C64H48N2/c1-41-15-19-49-21-17-43(3)63(57(49)39-41)65(53-31-23-47(24-32-53)45-11-7-5-8-12-45)59-37-29-51-28-36-56-60(38-30-52-27-35-55(59)61(51)62(52)56)66(54-33-25-48(26-34-54)46-13-9-6-10-14-46)64-44(4)18-22-50-20-16-42(2)40-58(50)64/h5-40H,1-4H3. The molecule has 0 spiro atoms. The second kappa shape index (κ2) is 15.8. The maximum absolute atomic E-state index is 2.51. The maximum atomic E-state index is 2.51. The van der Waals surface area contributed by atoms with Gasteiger partial charge in [0.25, 0.3) is 0 Å². The lowest BCUT2D eigenvalue weighted by atomic mass is 9.91. The third-order valence-electron chi connectivity index (χ3n) is 13.7. The fraction of sp³-hybridized carbons (Fsp3) is 0.0625. The first-order chi connectivity index (χ1) is 32.4. The molecule has 12 aromatic rings. The summed E-state index contributed by atoms with van der Waals surface area (Å²) in [6, 6.07) is 81.0. The number of rotatable bonds is 8. The van der Waals surface area contributed by atoms with Gasteiger partial charge in [0.2, 0.25) is 0 Å². The second-order valence-corrected chi connectivity index (χ2v) is 18.0. The van der Waals surface area contributed by atoms with Gasteiger partial charge in [0.05, 0.1) is 22.7 Å². The Hall–Kier alpha value is -8.20. The lowest BCUT2D eigenvalue weighted by Crippen LogP contribution is -2.13. The lowest BCUT2D eigenvalue weighted by Gasteiger charge is -2.32. The predicted molar refractivity (Wildman–Crippen MR) is 284 cm³/mol. The van der Waals surface area contributed by atoms with E-state index < -0.39 is 0 Å². The number of anilines is 6. The van der Waals surface area contributed by atoms with Crippen molar-refractivity contribution < 1.29 is 0 Å². The predicted octanol–water partition coefficient (Wildman–Crippen LogP) is 18.4. The van der Waals surface area contributed by atoms with Crippen molar-refractivity contribution in [3.05, 3.63) is 241 Å². The maximum Gasteiger partial charge on any atom is 0.0569 e. The fourth-order valence-corrected chi connectivity index (χ4v) is 10.5. The van der Waals surface area contributed by atoms with Crippen molar-refractivity contribution in [2.45, 2.75) is 27.7 Å². The average Bonchev–Trinajstić information content (AvgIpc) is 3.36. The van der Waals surface area contributed by atoms with Crippen LogP contribution in [0.15, 0.2) is 218 Å². The molecule has 314 valence electrons. The zero-order valence-corrected chi connectivity index (χ0v) is 37.7. The van der Waals surface area contributed by atoms with Gasteiger partial charge >= 0.3 is 0 Å². The first-order valence-corrected chi connectivity index (χ1v) is 23.0. The molecule has 0 aliphatic carbocycles. The number of hydrogen-bond acceptors (Lipinski definition) is 2. The van der Waals surface area contributed by atoms with E-state index >= 15 is 0 Å². The molecule has 12 rings (SSSR count). The molecule has 0 aliphatic heterocycles. The molecule has 0 amide bonds. The molecular formula is C64H48N2. The van der Waals surface area contributed by atoms with Gasteiger partial charge in [-0.05, 0) is 142 Å². The van der Waals surface area contributed by atoms with Gasteiger partial charge in [0, 0.05) is 32.9 Å². The first kappa shape index (κ1) is 39.4. The molecule has 0 fully saturated rings. The van der Waals surface area contributed by atoms with E-state index in [-0.39, 0.29) is 0 Å². The molecule has 0 N–H and O–H groups in total. The highest BCUT2D eigenvalue weighted by atomic mass is 15.2. The van der Waals surface area contributed by atoms with Crippen LogP contribution in [-0.4, -0.2) is 0 Å². The summed E-state index contributed by atoms with van der Waals surface area (Å²) < 4.78 is 0. The number of benzene rings is 12. The van der Waals surface area contributed by atoms with E-state index in [4.69, 9.17) is 0 Å². The zero-order chi connectivity index (χ0) is 44.5. The van der Waals surface area contributed by atoms with Gasteiger partial charge in [-0.1, -0.05) is 181 Å². The smallest absolute Gasteiger partial charge is 0.0569 e. The highest BCUT2D eigenvalue weighted by Gasteiger charge is 2.25. The van der Waals surface area contributed by atoms with Crippen molar-refractivity contribution in [2.75, 3.05) is 9.80 Å². The van der Waals surface area contributed by atoms with E-state index in [9.17, 15) is 0 Å². The van der Waals surface area contributed by atoms with Crippen LogP contribution in [0, 0.1) is 27.7 Å². The molecule has 0 saturated carbocycles. The minimum absolute atomic E-state index is 1.12. The van der Waals surface area contributed by atoms with Crippen LogP contribution in [0.3, 0.4) is 0 Å².